The Morgan fingerprint density at radius 3 is 2.82 bits per heavy atom. The molecule has 0 aliphatic heterocycles. The van der Waals surface area contributed by atoms with Crippen LogP contribution in [0, 0.1) is 10.1 Å². The Labute approximate surface area is 102 Å². The third-order valence-corrected chi connectivity index (χ3v) is 2.43. The molecule has 0 aliphatic rings. The topological polar surface area (TPSA) is 127 Å². The Balaban J connectivity index is 3.04. The molecule has 0 unspecified atom stereocenters. The molecule has 0 atom stereocenters. The Hall–Kier alpha value is -1.61. The van der Waals surface area contributed by atoms with Crippen LogP contribution in [0.3, 0.4) is 0 Å². The molecule has 1 heterocycles. The summed E-state index contributed by atoms with van der Waals surface area (Å²) in [7, 11) is 0. The first-order valence-corrected chi connectivity index (χ1v) is 6.03. The van der Waals surface area contributed by atoms with Crippen LogP contribution in [0.1, 0.15) is 6.42 Å². The number of thioether (sulfide) groups is 1. The molecule has 0 aromatic carbocycles. The van der Waals surface area contributed by atoms with E-state index >= 15 is 0 Å². The second-order valence-electron chi connectivity index (χ2n) is 3.05. The van der Waals surface area contributed by atoms with E-state index in [9.17, 15) is 10.1 Å². The van der Waals surface area contributed by atoms with Crippen LogP contribution in [0.2, 0.25) is 0 Å². The van der Waals surface area contributed by atoms with Crippen molar-refractivity contribution in [1.82, 2.24) is 9.97 Å². The van der Waals surface area contributed by atoms with Crippen molar-refractivity contribution in [3.8, 4) is 0 Å². The van der Waals surface area contributed by atoms with Gasteiger partial charge in [-0.2, -0.15) is 9.97 Å². The normalized spacial score (nSPS) is 10.2. The molecule has 8 nitrogen and oxygen atoms in total. The van der Waals surface area contributed by atoms with Crippen LogP contribution >= 0.6 is 11.8 Å². The Morgan fingerprint density at radius 1 is 1.59 bits per heavy atom. The van der Waals surface area contributed by atoms with Gasteiger partial charge in [0.15, 0.2) is 5.16 Å². The SMILES string of the molecule is CSc1nc(N)c([N+](=O)[O-])c(NCCCO)n1. The highest BCUT2D eigenvalue weighted by Crippen LogP contribution is 2.29. The number of nitrogens with zero attached hydrogens (tertiary/aromatic N) is 3. The molecule has 0 saturated heterocycles. The first kappa shape index (κ1) is 13.5. The van der Waals surface area contributed by atoms with E-state index in [2.05, 4.69) is 15.3 Å². The Kier molecular flexibility index (Phi) is 4.91. The lowest BCUT2D eigenvalue weighted by molar-refractivity contribution is -0.383. The zero-order valence-electron chi connectivity index (χ0n) is 9.21. The van der Waals surface area contributed by atoms with Crippen molar-refractivity contribution < 1.29 is 10.0 Å². The number of aliphatic hydroxyl groups is 1. The summed E-state index contributed by atoms with van der Waals surface area (Å²) in [6.07, 6.45) is 2.22. The summed E-state index contributed by atoms with van der Waals surface area (Å²) in [5, 5.41) is 22.6. The molecule has 0 aliphatic carbocycles. The first-order valence-electron chi connectivity index (χ1n) is 4.80. The van der Waals surface area contributed by atoms with Crippen LogP contribution in [0.5, 0.6) is 0 Å². The number of anilines is 2. The van der Waals surface area contributed by atoms with Gasteiger partial charge in [0.05, 0.1) is 4.92 Å². The third kappa shape index (κ3) is 3.43. The van der Waals surface area contributed by atoms with E-state index in [0.717, 1.165) is 0 Å². The third-order valence-electron chi connectivity index (χ3n) is 1.88. The minimum absolute atomic E-state index is 0.00323. The zero-order valence-corrected chi connectivity index (χ0v) is 10.0. The molecule has 94 valence electrons. The monoisotopic (exact) mass is 259 g/mol. The number of nitrogen functional groups attached to an aromatic ring is 1. The fourth-order valence-electron chi connectivity index (χ4n) is 1.13. The van der Waals surface area contributed by atoms with Gasteiger partial charge in [-0.25, -0.2) is 0 Å². The molecule has 1 aromatic rings. The van der Waals surface area contributed by atoms with Crippen LogP contribution in [0.4, 0.5) is 17.3 Å². The van der Waals surface area contributed by atoms with Gasteiger partial charge >= 0.3 is 5.69 Å². The van der Waals surface area contributed by atoms with Crippen LogP contribution in [0.15, 0.2) is 5.16 Å². The van der Waals surface area contributed by atoms with Gasteiger partial charge < -0.3 is 16.2 Å². The van der Waals surface area contributed by atoms with E-state index in [4.69, 9.17) is 10.8 Å². The average Bonchev–Trinajstić information content (AvgIpc) is 2.28. The van der Waals surface area contributed by atoms with Crippen molar-refractivity contribution in [3.05, 3.63) is 10.1 Å². The molecule has 0 saturated carbocycles. The molecular formula is C8H13N5O3S. The highest BCUT2D eigenvalue weighted by Gasteiger charge is 2.22. The molecule has 17 heavy (non-hydrogen) atoms. The summed E-state index contributed by atoms with van der Waals surface area (Å²) in [6, 6.07) is 0. The number of rotatable bonds is 6. The van der Waals surface area contributed by atoms with E-state index in [0.29, 0.717) is 18.1 Å². The van der Waals surface area contributed by atoms with E-state index in [1.807, 2.05) is 0 Å². The number of nitrogens with one attached hydrogen (secondary N) is 1. The minimum atomic E-state index is -0.624. The predicted molar refractivity (Wildman–Crippen MR) is 65.1 cm³/mol. The first-order chi connectivity index (χ1) is 8.10. The molecule has 0 spiro atoms. The Bertz CT molecular complexity index is 414. The highest BCUT2D eigenvalue weighted by molar-refractivity contribution is 7.98. The van der Waals surface area contributed by atoms with Gasteiger partial charge in [0, 0.05) is 13.2 Å². The van der Waals surface area contributed by atoms with Crippen LogP contribution < -0.4 is 11.1 Å². The van der Waals surface area contributed by atoms with E-state index in [-0.39, 0.29) is 23.9 Å². The maximum Gasteiger partial charge on any atom is 0.353 e. The molecule has 0 bridgehead atoms. The summed E-state index contributed by atoms with van der Waals surface area (Å²) in [4.78, 5) is 18.0. The summed E-state index contributed by atoms with van der Waals surface area (Å²) < 4.78 is 0. The number of nitro groups is 1. The van der Waals surface area contributed by atoms with Gasteiger partial charge in [-0.3, -0.25) is 10.1 Å². The number of aromatic nitrogens is 2. The molecule has 0 fully saturated rings. The number of hydrogen-bond donors (Lipinski definition) is 3. The molecular weight excluding hydrogens is 246 g/mol. The lowest BCUT2D eigenvalue weighted by Crippen LogP contribution is -2.11. The largest absolute Gasteiger partial charge is 0.396 e. The molecule has 0 amide bonds. The standard InChI is InChI=1S/C8H13N5O3S/c1-17-8-11-6(9)5(13(15)16)7(12-8)10-3-2-4-14/h14H,2-4H2,1H3,(H3,9,10,11,12). The lowest BCUT2D eigenvalue weighted by Gasteiger charge is -2.07. The molecule has 1 rings (SSSR count). The van der Waals surface area contributed by atoms with Gasteiger partial charge in [0.1, 0.15) is 0 Å². The molecule has 9 heteroatoms. The van der Waals surface area contributed by atoms with Gasteiger partial charge in [-0.1, -0.05) is 11.8 Å². The van der Waals surface area contributed by atoms with Crippen LogP contribution in [-0.4, -0.2) is 39.4 Å². The van der Waals surface area contributed by atoms with Gasteiger partial charge in [0.25, 0.3) is 0 Å². The van der Waals surface area contributed by atoms with E-state index in [1.165, 1.54) is 11.8 Å². The average molecular weight is 259 g/mol. The molecule has 1 aromatic heterocycles. The van der Waals surface area contributed by atoms with Crippen LogP contribution in [0.25, 0.3) is 0 Å². The van der Waals surface area contributed by atoms with Crippen molar-refractivity contribution in [2.24, 2.45) is 0 Å². The predicted octanol–water partition coefficient (Wildman–Crippen LogP) is 0.483. The zero-order chi connectivity index (χ0) is 12.8. The quantitative estimate of drug-likeness (QED) is 0.221. The second-order valence-corrected chi connectivity index (χ2v) is 3.83. The Morgan fingerprint density at radius 2 is 2.29 bits per heavy atom. The fourth-order valence-corrected chi connectivity index (χ4v) is 1.50. The van der Waals surface area contributed by atoms with Crippen molar-refractivity contribution in [2.45, 2.75) is 11.6 Å². The van der Waals surface area contributed by atoms with Gasteiger partial charge in [-0.05, 0) is 12.7 Å². The summed E-state index contributed by atoms with van der Waals surface area (Å²) in [5.74, 6) is -0.0823. The van der Waals surface area contributed by atoms with E-state index < -0.39 is 4.92 Å². The lowest BCUT2D eigenvalue weighted by atomic mass is 10.4. The summed E-state index contributed by atoms with van der Waals surface area (Å²) in [6.45, 7) is 0.373. The molecule has 0 radical (unpaired) electrons. The van der Waals surface area contributed by atoms with Crippen molar-refractivity contribution in [1.29, 1.82) is 0 Å². The van der Waals surface area contributed by atoms with Gasteiger partial charge in [0.2, 0.25) is 11.6 Å². The number of nitrogens with two attached hydrogens (primary N) is 1. The van der Waals surface area contributed by atoms with Crippen molar-refractivity contribution in [3.63, 3.8) is 0 Å². The summed E-state index contributed by atoms with van der Waals surface area (Å²) >= 11 is 1.24. The number of aliphatic hydroxyl groups excluding tert-OH is 1. The minimum Gasteiger partial charge on any atom is -0.396 e. The maximum absolute atomic E-state index is 10.8. The van der Waals surface area contributed by atoms with Crippen molar-refractivity contribution >= 4 is 29.1 Å². The van der Waals surface area contributed by atoms with Crippen molar-refractivity contribution in [2.75, 3.05) is 30.5 Å². The van der Waals surface area contributed by atoms with E-state index in [1.54, 1.807) is 6.26 Å². The highest BCUT2D eigenvalue weighted by atomic mass is 32.2. The fraction of sp³-hybridized carbons (Fsp3) is 0.500. The smallest absolute Gasteiger partial charge is 0.353 e. The summed E-state index contributed by atoms with van der Waals surface area (Å²) in [5.41, 5.74) is 5.17. The van der Waals surface area contributed by atoms with Gasteiger partial charge in [-0.15, -0.1) is 0 Å². The number of hydrogen-bond acceptors (Lipinski definition) is 8. The maximum atomic E-state index is 10.8. The second kappa shape index (κ2) is 6.21. The molecule has 4 N–H and O–H groups in total. The van der Waals surface area contributed by atoms with Crippen LogP contribution in [-0.2, 0) is 0 Å².